The number of carboxylic acids is 1. The molecule has 0 spiro atoms. The fourth-order valence-electron chi connectivity index (χ4n) is 1.70. The van der Waals surface area contributed by atoms with Crippen LogP contribution in [0.15, 0.2) is 30.5 Å². The molecule has 1 aromatic heterocycles. The van der Waals surface area contributed by atoms with Crippen LogP contribution in [-0.4, -0.2) is 16.1 Å². The van der Waals surface area contributed by atoms with Gasteiger partial charge < -0.3 is 5.11 Å². The van der Waals surface area contributed by atoms with Gasteiger partial charge in [-0.1, -0.05) is 23.2 Å². The summed E-state index contributed by atoms with van der Waals surface area (Å²) in [5.41, 5.74) is -1.64. The van der Waals surface area contributed by atoms with E-state index in [9.17, 15) is 18.0 Å². The first-order valence-electron chi connectivity index (χ1n) is 5.45. The van der Waals surface area contributed by atoms with Gasteiger partial charge in [0.05, 0.1) is 16.8 Å². The molecule has 0 saturated carbocycles. The number of aromatic nitrogens is 1. The van der Waals surface area contributed by atoms with Crippen LogP contribution < -0.4 is 0 Å². The number of rotatable bonds is 2. The molecule has 0 radical (unpaired) electrons. The van der Waals surface area contributed by atoms with Gasteiger partial charge in [-0.15, -0.1) is 0 Å². The van der Waals surface area contributed by atoms with Crippen molar-refractivity contribution in [1.82, 2.24) is 4.98 Å². The monoisotopic (exact) mass is 335 g/mol. The molecule has 0 atom stereocenters. The molecule has 2 aromatic rings. The number of alkyl halides is 3. The Hall–Kier alpha value is -1.79. The number of carbonyl (C=O) groups is 1. The molecule has 0 aliphatic carbocycles. The smallest absolute Gasteiger partial charge is 0.417 e. The number of halogens is 5. The minimum atomic E-state index is -4.68. The second-order valence-electron chi connectivity index (χ2n) is 4.08. The highest BCUT2D eigenvalue weighted by Crippen LogP contribution is 2.33. The molecule has 0 unspecified atom stereocenters. The van der Waals surface area contributed by atoms with Crippen LogP contribution in [0, 0.1) is 0 Å². The fourth-order valence-corrected chi connectivity index (χ4v) is 2.23. The Bertz CT molecular complexity index is 697. The van der Waals surface area contributed by atoms with Gasteiger partial charge in [0.2, 0.25) is 0 Å². The van der Waals surface area contributed by atoms with E-state index in [0.717, 1.165) is 0 Å². The molecule has 1 aromatic carbocycles. The maximum absolute atomic E-state index is 12.6. The number of carboxylic acid groups (broad SMARTS) is 1. The van der Waals surface area contributed by atoms with Crippen LogP contribution in [-0.2, 0) is 6.18 Å². The van der Waals surface area contributed by atoms with Crippen molar-refractivity contribution in [3.63, 3.8) is 0 Å². The van der Waals surface area contributed by atoms with Crippen molar-refractivity contribution in [3.05, 3.63) is 51.6 Å². The summed E-state index contributed by atoms with van der Waals surface area (Å²) in [5, 5.41) is 9.52. The predicted molar refractivity (Wildman–Crippen MR) is 71.7 cm³/mol. The van der Waals surface area contributed by atoms with Gasteiger partial charge in [0.15, 0.2) is 0 Å². The van der Waals surface area contributed by atoms with E-state index >= 15 is 0 Å². The van der Waals surface area contributed by atoms with E-state index in [1.165, 1.54) is 18.2 Å². The average molecular weight is 336 g/mol. The first kappa shape index (κ1) is 15.6. The van der Waals surface area contributed by atoms with Crippen molar-refractivity contribution in [3.8, 4) is 11.3 Å². The lowest BCUT2D eigenvalue weighted by Gasteiger charge is -2.11. The third-order valence-electron chi connectivity index (χ3n) is 2.58. The number of nitrogens with zero attached hydrogens (tertiary/aromatic N) is 1. The SMILES string of the molecule is O=C(O)c1cc(C(F)(F)F)cnc1-c1cc(Cl)cc(Cl)c1. The summed E-state index contributed by atoms with van der Waals surface area (Å²) in [4.78, 5) is 14.8. The summed E-state index contributed by atoms with van der Waals surface area (Å²) >= 11 is 11.6. The number of aromatic carboxylic acids is 1. The number of benzene rings is 1. The van der Waals surface area contributed by atoms with E-state index in [1.807, 2.05) is 0 Å². The van der Waals surface area contributed by atoms with Crippen molar-refractivity contribution in [2.24, 2.45) is 0 Å². The van der Waals surface area contributed by atoms with Gasteiger partial charge in [0.1, 0.15) is 0 Å². The Morgan fingerprint density at radius 1 is 1.10 bits per heavy atom. The van der Waals surface area contributed by atoms with E-state index in [-0.39, 0.29) is 21.3 Å². The molecular weight excluding hydrogens is 330 g/mol. The summed E-state index contributed by atoms with van der Waals surface area (Å²) in [6.07, 6.45) is -4.11. The van der Waals surface area contributed by atoms with Gasteiger partial charge in [-0.05, 0) is 24.3 Å². The zero-order valence-electron chi connectivity index (χ0n) is 10.1. The maximum atomic E-state index is 12.6. The number of hydrogen-bond donors (Lipinski definition) is 1. The third-order valence-corrected chi connectivity index (χ3v) is 3.02. The molecule has 0 aliphatic heterocycles. The van der Waals surface area contributed by atoms with E-state index in [1.54, 1.807) is 0 Å². The lowest BCUT2D eigenvalue weighted by molar-refractivity contribution is -0.137. The molecule has 8 heteroatoms. The Balaban J connectivity index is 2.66. The predicted octanol–water partition coefficient (Wildman–Crippen LogP) is 4.77. The highest BCUT2D eigenvalue weighted by Gasteiger charge is 2.32. The zero-order chi connectivity index (χ0) is 15.8. The molecule has 0 fully saturated rings. The molecule has 3 nitrogen and oxygen atoms in total. The Kier molecular flexibility index (Phi) is 4.11. The topological polar surface area (TPSA) is 50.2 Å². The second-order valence-corrected chi connectivity index (χ2v) is 4.95. The van der Waals surface area contributed by atoms with Crippen LogP contribution in [0.1, 0.15) is 15.9 Å². The van der Waals surface area contributed by atoms with Gasteiger partial charge in [0.25, 0.3) is 0 Å². The molecular formula is C13H6Cl2F3NO2. The van der Waals surface area contributed by atoms with Gasteiger partial charge in [-0.3, -0.25) is 4.98 Å². The Morgan fingerprint density at radius 3 is 2.14 bits per heavy atom. The minimum absolute atomic E-state index is 0.139. The fraction of sp³-hybridized carbons (Fsp3) is 0.0769. The highest BCUT2D eigenvalue weighted by atomic mass is 35.5. The minimum Gasteiger partial charge on any atom is -0.478 e. The summed E-state index contributed by atoms with van der Waals surface area (Å²) < 4.78 is 37.9. The average Bonchev–Trinajstić information content (AvgIpc) is 2.35. The number of pyridine rings is 1. The van der Waals surface area contributed by atoms with Gasteiger partial charge in [-0.25, -0.2) is 4.79 Å². The largest absolute Gasteiger partial charge is 0.478 e. The number of hydrogen-bond acceptors (Lipinski definition) is 2. The summed E-state index contributed by atoms with van der Waals surface area (Å²) in [6, 6.07) is 4.68. The molecule has 21 heavy (non-hydrogen) atoms. The molecule has 0 aliphatic rings. The van der Waals surface area contributed by atoms with Gasteiger partial charge >= 0.3 is 12.1 Å². The summed E-state index contributed by atoms with van der Waals surface area (Å²) in [5.74, 6) is -1.53. The van der Waals surface area contributed by atoms with Crippen molar-refractivity contribution < 1.29 is 23.1 Å². The lowest BCUT2D eigenvalue weighted by atomic mass is 10.0. The Labute approximate surface area is 126 Å². The van der Waals surface area contributed by atoms with Crippen LogP contribution in [0.25, 0.3) is 11.3 Å². The normalized spacial score (nSPS) is 11.5. The summed E-state index contributed by atoms with van der Waals surface area (Å²) in [7, 11) is 0. The van der Waals surface area contributed by atoms with Crippen molar-refractivity contribution in [2.45, 2.75) is 6.18 Å². The van der Waals surface area contributed by atoms with Crippen LogP contribution in [0.4, 0.5) is 13.2 Å². The third kappa shape index (κ3) is 3.46. The highest BCUT2D eigenvalue weighted by molar-refractivity contribution is 6.35. The first-order valence-corrected chi connectivity index (χ1v) is 6.21. The zero-order valence-corrected chi connectivity index (χ0v) is 11.6. The van der Waals surface area contributed by atoms with Gasteiger partial charge in [-0.2, -0.15) is 13.2 Å². The van der Waals surface area contributed by atoms with E-state index in [4.69, 9.17) is 28.3 Å². The van der Waals surface area contributed by atoms with Crippen LogP contribution >= 0.6 is 23.2 Å². The van der Waals surface area contributed by atoms with Gasteiger partial charge in [0, 0.05) is 21.8 Å². The molecule has 110 valence electrons. The Morgan fingerprint density at radius 2 is 1.67 bits per heavy atom. The molecule has 2 rings (SSSR count). The quantitative estimate of drug-likeness (QED) is 0.859. The van der Waals surface area contributed by atoms with Crippen LogP contribution in [0.3, 0.4) is 0 Å². The molecule has 1 heterocycles. The molecule has 0 bridgehead atoms. The standard InChI is InChI=1S/C13H6Cl2F3NO2/c14-8-1-6(2-9(15)4-8)11-10(12(20)21)3-7(5-19-11)13(16,17)18/h1-5H,(H,20,21). The van der Waals surface area contributed by atoms with Crippen molar-refractivity contribution in [2.75, 3.05) is 0 Å². The van der Waals surface area contributed by atoms with E-state index in [0.29, 0.717) is 12.3 Å². The molecule has 1 N–H and O–H groups in total. The first-order chi connectivity index (χ1) is 9.68. The van der Waals surface area contributed by atoms with E-state index < -0.39 is 23.3 Å². The maximum Gasteiger partial charge on any atom is 0.417 e. The van der Waals surface area contributed by atoms with E-state index in [2.05, 4.69) is 4.98 Å². The molecule has 0 amide bonds. The van der Waals surface area contributed by atoms with Crippen molar-refractivity contribution in [1.29, 1.82) is 0 Å². The summed E-state index contributed by atoms with van der Waals surface area (Å²) in [6.45, 7) is 0. The second kappa shape index (κ2) is 5.54. The molecule has 0 saturated heterocycles. The van der Waals surface area contributed by atoms with Crippen LogP contribution in [0.2, 0.25) is 10.0 Å². The van der Waals surface area contributed by atoms with Crippen LogP contribution in [0.5, 0.6) is 0 Å². The van der Waals surface area contributed by atoms with Crippen molar-refractivity contribution >= 4 is 29.2 Å². The lowest BCUT2D eigenvalue weighted by Crippen LogP contribution is -2.10.